The van der Waals surface area contributed by atoms with E-state index in [1.165, 1.54) is 11.3 Å². The standard InChI is InChI=1S/C16H18ClNO3S/c1-5-20-8-7-11-12-9(3)13(17)10(4)18-15(12)22-14(11)16(19)21-6-2/h7-8H,5-6H2,1-4H3/b8-7+. The van der Waals surface area contributed by atoms with Gasteiger partial charge in [0.15, 0.2) is 0 Å². The molecule has 2 heterocycles. The molecule has 0 saturated carbocycles. The lowest BCUT2D eigenvalue weighted by atomic mass is 10.1. The Labute approximate surface area is 138 Å². The molecule has 118 valence electrons. The summed E-state index contributed by atoms with van der Waals surface area (Å²) in [6.07, 6.45) is 3.35. The van der Waals surface area contributed by atoms with Crippen LogP contribution in [-0.4, -0.2) is 24.2 Å². The minimum Gasteiger partial charge on any atom is -0.501 e. The molecule has 2 aromatic rings. The SMILES string of the molecule is CCO/C=C/c1c(C(=O)OCC)sc2nc(C)c(Cl)c(C)c12. The van der Waals surface area contributed by atoms with Crippen LogP contribution in [0.25, 0.3) is 16.3 Å². The molecule has 0 radical (unpaired) electrons. The fourth-order valence-corrected chi connectivity index (χ4v) is 3.47. The Kier molecular flexibility index (Phi) is 5.42. The number of carbonyl (C=O) groups excluding carboxylic acids is 1. The Hall–Kier alpha value is -1.59. The molecule has 2 aromatic heterocycles. The summed E-state index contributed by atoms with van der Waals surface area (Å²) in [7, 11) is 0. The van der Waals surface area contributed by atoms with Gasteiger partial charge in [0.2, 0.25) is 0 Å². The summed E-state index contributed by atoms with van der Waals surface area (Å²) in [5.74, 6) is -0.352. The van der Waals surface area contributed by atoms with Crippen molar-refractivity contribution in [3.05, 3.63) is 33.0 Å². The first-order valence-corrected chi connectivity index (χ1v) is 8.25. The molecule has 0 aromatic carbocycles. The predicted molar refractivity (Wildman–Crippen MR) is 90.7 cm³/mol. The van der Waals surface area contributed by atoms with Gasteiger partial charge in [-0.25, -0.2) is 9.78 Å². The second-order valence-electron chi connectivity index (χ2n) is 4.64. The molecule has 6 heteroatoms. The van der Waals surface area contributed by atoms with Gasteiger partial charge >= 0.3 is 5.97 Å². The van der Waals surface area contributed by atoms with E-state index in [0.717, 1.165) is 27.0 Å². The van der Waals surface area contributed by atoms with E-state index in [0.29, 0.717) is 23.1 Å². The van der Waals surface area contributed by atoms with Gasteiger partial charge in [-0.1, -0.05) is 11.6 Å². The van der Waals surface area contributed by atoms with E-state index in [1.54, 1.807) is 19.3 Å². The van der Waals surface area contributed by atoms with Crippen LogP contribution < -0.4 is 0 Å². The minimum absolute atomic E-state index is 0.327. The van der Waals surface area contributed by atoms with Crippen LogP contribution in [0, 0.1) is 13.8 Å². The molecular weight excluding hydrogens is 322 g/mol. The van der Waals surface area contributed by atoms with Crippen LogP contribution in [0.3, 0.4) is 0 Å². The largest absolute Gasteiger partial charge is 0.501 e. The van der Waals surface area contributed by atoms with E-state index in [9.17, 15) is 4.79 Å². The van der Waals surface area contributed by atoms with E-state index >= 15 is 0 Å². The highest BCUT2D eigenvalue weighted by Gasteiger charge is 2.22. The van der Waals surface area contributed by atoms with Crippen molar-refractivity contribution in [1.29, 1.82) is 0 Å². The number of rotatable bonds is 5. The van der Waals surface area contributed by atoms with Gasteiger partial charge in [0.25, 0.3) is 0 Å². The number of pyridine rings is 1. The monoisotopic (exact) mass is 339 g/mol. The fourth-order valence-electron chi connectivity index (χ4n) is 2.17. The topological polar surface area (TPSA) is 48.4 Å². The number of hydrogen-bond donors (Lipinski definition) is 0. The maximum Gasteiger partial charge on any atom is 0.349 e. The molecule has 0 fully saturated rings. The lowest BCUT2D eigenvalue weighted by Gasteiger charge is -2.05. The second kappa shape index (κ2) is 7.11. The Bertz CT molecular complexity index is 737. The summed E-state index contributed by atoms with van der Waals surface area (Å²) in [5, 5.41) is 1.49. The maximum atomic E-state index is 12.2. The zero-order valence-corrected chi connectivity index (χ0v) is 14.6. The van der Waals surface area contributed by atoms with Crippen LogP contribution >= 0.6 is 22.9 Å². The third-order valence-corrected chi connectivity index (χ3v) is 4.81. The van der Waals surface area contributed by atoms with Crippen molar-refractivity contribution in [1.82, 2.24) is 4.98 Å². The van der Waals surface area contributed by atoms with Gasteiger partial charge in [0, 0.05) is 10.9 Å². The van der Waals surface area contributed by atoms with Gasteiger partial charge in [-0.15, -0.1) is 11.3 Å². The highest BCUT2D eigenvalue weighted by molar-refractivity contribution is 7.20. The lowest BCUT2D eigenvalue weighted by molar-refractivity contribution is 0.0532. The van der Waals surface area contributed by atoms with Crippen molar-refractivity contribution in [2.45, 2.75) is 27.7 Å². The minimum atomic E-state index is -0.352. The fraction of sp³-hybridized carbons (Fsp3) is 0.375. The summed E-state index contributed by atoms with van der Waals surface area (Å²) in [4.78, 5) is 18.0. The number of nitrogens with zero attached hydrogens (tertiary/aromatic N) is 1. The van der Waals surface area contributed by atoms with Gasteiger partial charge in [0.05, 0.1) is 30.2 Å². The molecule has 0 N–H and O–H groups in total. The molecule has 0 atom stereocenters. The van der Waals surface area contributed by atoms with E-state index in [1.807, 2.05) is 20.8 Å². The normalized spacial score (nSPS) is 11.3. The van der Waals surface area contributed by atoms with Crippen LogP contribution in [-0.2, 0) is 9.47 Å². The van der Waals surface area contributed by atoms with Crippen molar-refractivity contribution < 1.29 is 14.3 Å². The molecule has 0 spiro atoms. The molecule has 2 rings (SSSR count). The van der Waals surface area contributed by atoms with Crippen LogP contribution in [0.4, 0.5) is 0 Å². The molecule has 0 amide bonds. The van der Waals surface area contributed by atoms with Crippen molar-refractivity contribution >= 4 is 45.2 Å². The number of fused-ring (bicyclic) bond motifs is 1. The third-order valence-electron chi connectivity index (χ3n) is 3.18. The summed E-state index contributed by atoms with van der Waals surface area (Å²) >= 11 is 7.63. The predicted octanol–water partition coefficient (Wildman–Crippen LogP) is 4.75. The zero-order chi connectivity index (χ0) is 16.3. The molecular formula is C16H18ClNO3S. The quantitative estimate of drug-likeness (QED) is 0.582. The first-order valence-electron chi connectivity index (χ1n) is 7.05. The van der Waals surface area contributed by atoms with Crippen molar-refractivity contribution in [2.75, 3.05) is 13.2 Å². The Morgan fingerprint density at radius 1 is 1.32 bits per heavy atom. The van der Waals surface area contributed by atoms with Crippen LogP contribution in [0.5, 0.6) is 0 Å². The average molecular weight is 340 g/mol. The summed E-state index contributed by atoms with van der Waals surface area (Å²) in [6.45, 7) is 8.35. The Morgan fingerprint density at radius 3 is 2.68 bits per heavy atom. The number of ether oxygens (including phenoxy) is 2. The Balaban J connectivity index is 2.70. The number of carbonyl (C=O) groups is 1. The van der Waals surface area contributed by atoms with E-state index < -0.39 is 0 Å². The second-order valence-corrected chi connectivity index (χ2v) is 6.02. The molecule has 22 heavy (non-hydrogen) atoms. The van der Waals surface area contributed by atoms with E-state index in [-0.39, 0.29) is 5.97 Å². The number of esters is 1. The van der Waals surface area contributed by atoms with Gasteiger partial charge in [-0.2, -0.15) is 0 Å². The lowest BCUT2D eigenvalue weighted by Crippen LogP contribution is -2.03. The van der Waals surface area contributed by atoms with Crippen LogP contribution in [0.15, 0.2) is 6.26 Å². The molecule has 0 aliphatic heterocycles. The van der Waals surface area contributed by atoms with Crippen molar-refractivity contribution in [3.63, 3.8) is 0 Å². The molecule has 0 bridgehead atoms. The molecule has 0 saturated heterocycles. The number of aromatic nitrogens is 1. The van der Waals surface area contributed by atoms with Crippen molar-refractivity contribution in [2.24, 2.45) is 0 Å². The zero-order valence-electron chi connectivity index (χ0n) is 13.0. The summed E-state index contributed by atoms with van der Waals surface area (Å²) < 4.78 is 10.4. The van der Waals surface area contributed by atoms with E-state index in [2.05, 4.69) is 4.98 Å². The smallest absolute Gasteiger partial charge is 0.349 e. The molecule has 0 aliphatic carbocycles. The summed E-state index contributed by atoms with van der Waals surface area (Å²) in [6, 6.07) is 0. The molecule has 0 aliphatic rings. The third kappa shape index (κ3) is 3.10. The van der Waals surface area contributed by atoms with Crippen molar-refractivity contribution in [3.8, 4) is 0 Å². The number of halogens is 1. The van der Waals surface area contributed by atoms with Gasteiger partial charge in [-0.05, 0) is 39.3 Å². The van der Waals surface area contributed by atoms with Gasteiger partial charge in [-0.3, -0.25) is 0 Å². The number of hydrogen-bond acceptors (Lipinski definition) is 5. The highest BCUT2D eigenvalue weighted by Crippen LogP contribution is 2.37. The van der Waals surface area contributed by atoms with Gasteiger partial charge < -0.3 is 9.47 Å². The Morgan fingerprint density at radius 2 is 2.05 bits per heavy atom. The van der Waals surface area contributed by atoms with Crippen LogP contribution in [0.1, 0.15) is 40.3 Å². The van der Waals surface area contributed by atoms with E-state index in [4.69, 9.17) is 21.1 Å². The first kappa shape index (κ1) is 16.8. The molecule has 4 nitrogen and oxygen atoms in total. The summed E-state index contributed by atoms with van der Waals surface area (Å²) in [5.41, 5.74) is 2.41. The highest BCUT2D eigenvalue weighted by atomic mass is 35.5. The number of thiophene rings is 1. The first-order chi connectivity index (χ1) is 10.5. The maximum absolute atomic E-state index is 12.2. The van der Waals surface area contributed by atoms with Crippen LogP contribution in [0.2, 0.25) is 5.02 Å². The number of aryl methyl sites for hydroxylation is 2. The molecule has 0 unspecified atom stereocenters. The van der Waals surface area contributed by atoms with Gasteiger partial charge in [0.1, 0.15) is 9.71 Å². The average Bonchev–Trinajstić information content (AvgIpc) is 2.84.